The molecule has 0 bridgehead atoms. The Balaban J connectivity index is 1.90. The topological polar surface area (TPSA) is 70.7 Å². The van der Waals surface area contributed by atoms with Crippen molar-refractivity contribution in [3.05, 3.63) is 41.5 Å². The van der Waals surface area contributed by atoms with Crippen molar-refractivity contribution >= 4 is 33.3 Å². The number of rotatable bonds is 2. The number of thiophene rings is 1. The number of aromatic nitrogens is 3. The van der Waals surface area contributed by atoms with E-state index in [1.165, 1.54) is 17.7 Å². The van der Waals surface area contributed by atoms with Gasteiger partial charge in [0, 0.05) is 4.70 Å². The Kier molecular flexibility index (Phi) is 2.34. The zero-order chi connectivity index (χ0) is 11.7. The summed E-state index contributed by atoms with van der Waals surface area (Å²) in [6, 6.07) is 9.75. The van der Waals surface area contributed by atoms with Gasteiger partial charge in [0.1, 0.15) is 6.33 Å². The van der Waals surface area contributed by atoms with E-state index in [0.29, 0.717) is 10.8 Å². The summed E-state index contributed by atoms with van der Waals surface area (Å²) in [7, 11) is 0. The van der Waals surface area contributed by atoms with Gasteiger partial charge in [0.05, 0.1) is 4.88 Å². The minimum absolute atomic E-state index is 0.178. The number of benzene rings is 1. The quantitative estimate of drug-likeness (QED) is 0.726. The van der Waals surface area contributed by atoms with Crippen LogP contribution in [0.2, 0.25) is 0 Å². The number of nitrogens with zero attached hydrogens (tertiary/aromatic N) is 2. The summed E-state index contributed by atoms with van der Waals surface area (Å²) in [5.41, 5.74) is 0. The number of hydrogen-bond acceptors (Lipinski definition) is 4. The van der Waals surface area contributed by atoms with Crippen molar-refractivity contribution in [1.29, 1.82) is 0 Å². The summed E-state index contributed by atoms with van der Waals surface area (Å²) in [4.78, 5) is 16.4. The summed E-state index contributed by atoms with van der Waals surface area (Å²) >= 11 is 1.45. The minimum Gasteiger partial charge on any atom is -0.290 e. The molecule has 0 atom stereocenters. The molecule has 2 N–H and O–H groups in total. The lowest BCUT2D eigenvalue weighted by atomic mass is 10.2. The molecular formula is C11H8N4OS. The molecule has 0 unspecified atom stereocenters. The standard InChI is InChI=1S/C11H8N4OS/c16-10(14-11-12-6-13-15-11)9-5-7-3-1-2-4-8(7)17-9/h1-6H,(H2,12,13,14,15,16). The van der Waals surface area contributed by atoms with E-state index in [2.05, 4.69) is 20.5 Å². The van der Waals surface area contributed by atoms with Crippen LogP contribution in [0.25, 0.3) is 10.1 Å². The highest BCUT2D eigenvalue weighted by atomic mass is 32.1. The second-order valence-electron chi connectivity index (χ2n) is 3.44. The van der Waals surface area contributed by atoms with E-state index < -0.39 is 0 Å². The van der Waals surface area contributed by atoms with E-state index in [1.54, 1.807) is 0 Å². The van der Waals surface area contributed by atoms with Crippen LogP contribution in [0.4, 0.5) is 5.95 Å². The Hall–Kier alpha value is -2.21. The van der Waals surface area contributed by atoms with Crippen LogP contribution in [0.1, 0.15) is 9.67 Å². The average Bonchev–Trinajstić information content (AvgIpc) is 2.96. The molecule has 2 heterocycles. The van der Waals surface area contributed by atoms with Crippen LogP contribution >= 0.6 is 11.3 Å². The first-order valence-corrected chi connectivity index (χ1v) is 5.80. The third kappa shape index (κ3) is 1.90. The van der Waals surface area contributed by atoms with Crippen molar-refractivity contribution in [1.82, 2.24) is 15.2 Å². The largest absolute Gasteiger partial charge is 0.290 e. The molecule has 0 aliphatic heterocycles. The van der Waals surface area contributed by atoms with E-state index in [-0.39, 0.29) is 5.91 Å². The van der Waals surface area contributed by atoms with Gasteiger partial charge >= 0.3 is 0 Å². The number of hydrogen-bond donors (Lipinski definition) is 2. The van der Waals surface area contributed by atoms with E-state index in [0.717, 1.165) is 10.1 Å². The molecule has 0 fully saturated rings. The highest BCUT2D eigenvalue weighted by molar-refractivity contribution is 7.20. The lowest BCUT2D eigenvalue weighted by molar-refractivity contribution is 0.103. The maximum Gasteiger partial charge on any atom is 0.268 e. The molecule has 6 heteroatoms. The number of H-pyrrole nitrogens is 1. The summed E-state index contributed by atoms with van der Waals surface area (Å²) in [5, 5.41) is 9.96. The van der Waals surface area contributed by atoms with Crippen molar-refractivity contribution in [2.45, 2.75) is 0 Å². The zero-order valence-electron chi connectivity index (χ0n) is 8.68. The van der Waals surface area contributed by atoms with Gasteiger partial charge < -0.3 is 0 Å². The fourth-order valence-corrected chi connectivity index (χ4v) is 2.49. The number of fused-ring (bicyclic) bond motifs is 1. The van der Waals surface area contributed by atoms with E-state index >= 15 is 0 Å². The van der Waals surface area contributed by atoms with Gasteiger partial charge in [0.2, 0.25) is 5.95 Å². The second kappa shape index (κ2) is 3.99. The summed E-state index contributed by atoms with van der Waals surface area (Å²) < 4.78 is 1.09. The fraction of sp³-hybridized carbons (Fsp3) is 0. The Bertz CT molecular complexity index is 626. The first kappa shape index (κ1) is 9.98. The van der Waals surface area contributed by atoms with Crippen LogP contribution in [0.5, 0.6) is 0 Å². The van der Waals surface area contributed by atoms with E-state index in [1.807, 2.05) is 30.3 Å². The summed E-state index contributed by atoms with van der Waals surface area (Å²) in [6.07, 6.45) is 1.35. The molecule has 17 heavy (non-hydrogen) atoms. The lowest BCUT2D eigenvalue weighted by Crippen LogP contribution is -2.11. The van der Waals surface area contributed by atoms with Crippen molar-refractivity contribution in [2.24, 2.45) is 0 Å². The highest BCUT2D eigenvalue weighted by Crippen LogP contribution is 2.25. The van der Waals surface area contributed by atoms with Crippen LogP contribution in [0.3, 0.4) is 0 Å². The molecule has 0 saturated carbocycles. The number of nitrogens with one attached hydrogen (secondary N) is 2. The van der Waals surface area contributed by atoms with Crippen molar-refractivity contribution in [2.75, 3.05) is 5.32 Å². The smallest absolute Gasteiger partial charge is 0.268 e. The number of carbonyl (C=O) groups is 1. The normalized spacial score (nSPS) is 10.6. The molecule has 1 amide bonds. The minimum atomic E-state index is -0.178. The first-order valence-electron chi connectivity index (χ1n) is 4.98. The van der Waals surface area contributed by atoms with Gasteiger partial charge in [-0.15, -0.1) is 11.3 Å². The Morgan fingerprint density at radius 1 is 1.35 bits per heavy atom. The monoisotopic (exact) mass is 244 g/mol. The van der Waals surface area contributed by atoms with Gasteiger partial charge in [0.25, 0.3) is 5.91 Å². The molecular weight excluding hydrogens is 236 g/mol. The van der Waals surface area contributed by atoms with Crippen molar-refractivity contribution in [3.63, 3.8) is 0 Å². The maximum atomic E-state index is 11.9. The molecule has 2 aromatic heterocycles. The van der Waals surface area contributed by atoms with Gasteiger partial charge in [-0.05, 0) is 17.5 Å². The van der Waals surface area contributed by atoms with Crippen LogP contribution in [0.15, 0.2) is 36.7 Å². The Labute approximate surface area is 101 Å². The predicted molar refractivity (Wildman–Crippen MR) is 66.2 cm³/mol. The molecule has 0 aliphatic rings. The Morgan fingerprint density at radius 3 is 3.00 bits per heavy atom. The van der Waals surface area contributed by atoms with Crippen LogP contribution in [0, 0.1) is 0 Å². The van der Waals surface area contributed by atoms with E-state index in [9.17, 15) is 4.79 Å². The fourth-order valence-electron chi connectivity index (χ4n) is 1.53. The molecule has 3 aromatic rings. The molecule has 0 aliphatic carbocycles. The van der Waals surface area contributed by atoms with Crippen molar-refractivity contribution in [3.8, 4) is 0 Å². The lowest BCUT2D eigenvalue weighted by Gasteiger charge is -1.96. The average molecular weight is 244 g/mol. The molecule has 1 aromatic carbocycles. The second-order valence-corrected chi connectivity index (χ2v) is 4.52. The van der Waals surface area contributed by atoms with Crippen LogP contribution in [-0.2, 0) is 0 Å². The SMILES string of the molecule is O=C(Nc1ncn[nH]1)c1cc2ccccc2s1. The molecule has 0 saturated heterocycles. The first-order chi connectivity index (χ1) is 8.33. The predicted octanol–water partition coefficient (Wildman–Crippen LogP) is 2.27. The summed E-state index contributed by atoms with van der Waals surface area (Å²) in [5.74, 6) is 0.176. The maximum absolute atomic E-state index is 11.9. The molecule has 84 valence electrons. The van der Waals surface area contributed by atoms with Gasteiger partial charge in [0.15, 0.2) is 0 Å². The van der Waals surface area contributed by atoms with Gasteiger partial charge in [-0.25, -0.2) is 5.10 Å². The third-order valence-electron chi connectivity index (χ3n) is 2.30. The number of aromatic amines is 1. The van der Waals surface area contributed by atoms with Gasteiger partial charge in [-0.1, -0.05) is 18.2 Å². The Morgan fingerprint density at radius 2 is 2.24 bits per heavy atom. The molecule has 0 radical (unpaired) electrons. The number of amides is 1. The highest BCUT2D eigenvalue weighted by Gasteiger charge is 2.11. The van der Waals surface area contributed by atoms with Crippen molar-refractivity contribution < 1.29 is 4.79 Å². The van der Waals surface area contributed by atoms with Crippen LogP contribution in [-0.4, -0.2) is 21.1 Å². The molecule has 3 rings (SSSR count). The summed E-state index contributed by atoms with van der Waals surface area (Å²) in [6.45, 7) is 0. The number of anilines is 1. The van der Waals surface area contributed by atoms with Crippen LogP contribution < -0.4 is 5.32 Å². The van der Waals surface area contributed by atoms with Gasteiger partial charge in [-0.3, -0.25) is 10.1 Å². The number of carbonyl (C=O) groups excluding carboxylic acids is 1. The van der Waals surface area contributed by atoms with Gasteiger partial charge in [-0.2, -0.15) is 10.1 Å². The molecule has 0 spiro atoms. The molecule has 5 nitrogen and oxygen atoms in total. The zero-order valence-corrected chi connectivity index (χ0v) is 9.49. The third-order valence-corrected chi connectivity index (χ3v) is 3.41. The van der Waals surface area contributed by atoms with E-state index in [4.69, 9.17) is 0 Å².